The number of likely N-dealkylation sites (tertiary alicyclic amines) is 1. The molecule has 0 aromatic rings. The summed E-state index contributed by atoms with van der Waals surface area (Å²) in [6, 6.07) is -0.621. The van der Waals surface area contributed by atoms with E-state index < -0.39 is 12.8 Å². The van der Waals surface area contributed by atoms with Gasteiger partial charge in [0.05, 0.1) is 0 Å². The van der Waals surface area contributed by atoms with Gasteiger partial charge in [0.15, 0.2) is 0 Å². The van der Waals surface area contributed by atoms with Crippen molar-refractivity contribution in [3.05, 3.63) is 0 Å². The third-order valence-corrected chi connectivity index (χ3v) is 2.37. The monoisotopic (exact) mass is 202 g/mol. The molecule has 2 amide bonds. The maximum absolute atomic E-state index is 11.5. The third kappa shape index (κ3) is 1.85. The van der Waals surface area contributed by atoms with Crippen LogP contribution in [0.25, 0.3) is 0 Å². The van der Waals surface area contributed by atoms with Crippen molar-refractivity contribution < 1.29 is 19.8 Å². The molecule has 14 heavy (non-hydrogen) atoms. The molecular weight excluding hydrogens is 188 g/mol. The third-order valence-electron chi connectivity index (χ3n) is 2.37. The van der Waals surface area contributed by atoms with Crippen LogP contribution in [0.4, 0.5) is 0 Å². The van der Waals surface area contributed by atoms with Gasteiger partial charge < -0.3 is 20.0 Å². The first-order valence-corrected chi connectivity index (χ1v) is 4.39. The molecule has 6 nitrogen and oxygen atoms in total. The normalized spacial score (nSPS) is 21.5. The Morgan fingerprint density at radius 2 is 2.29 bits per heavy atom. The van der Waals surface area contributed by atoms with Gasteiger partial charge >= 0.3 is 0 Å². The molecule has 0 aromatic heterocycles. The highest BCUT2D eigenvalue weighted by Crippen LogP contribution is 2.16. The molecule has 0 bridgehead atoms. The van der Waals surface area contributed by atoms with Gasteiger partial charge in [0.1, 0.15) is 19.5 Å². The largest absolute Gasteiger partial charge is 0.376 e. The van der Waals surface area contributed by atoms with E-state index in [9.17, 15) is 9.59 Å². The zero-order chi connectivity index (χ0) is 10.7. The van der Waals surface area contributed by atoms with E-state index in [1.165, 1.54) is 11.8 Å². The van der Waals surface area contributed by atoms with Crippen molar-refractivity contribution in [1.29, 1.82) is 0 Å². The van der Waals surface area contributed by atoms with Crippen LogP contribution in [-0.2, 0) is 9.59 Å². The lowest BCUT2D eigenvalue weighted by Crippen LogP contribution is -2.44. The van der Waals surface area contributed by atoms with E-state index in [0.717, 1.165) is 4.90 Å². The average molecular weight is 202 g/mol. The first-order valence-electron chi connectivity index (χ1n) is 4.39. The maximum Gasteiger partial charge on any atom is 0.247 e. The van der Waals surface area contributed by atoms with Gasteiger partial charge in [-0.05, 0) is 6.42 Å². The molecule has 1 aliphatic heterocycles. The molecular formula is C8H14N2O4. The molecule has 0 aliphatic carbocycles. The zero-order valence-corrected chi connectivity index (χ0v) is 8.01. The van der Waals surface area contributed by atoms with Crippen molar-refractivity contribution in [3.8, 4) is 0 Å². The predicted octanol–water partition coefficient (Wildman–Crippen LogP) is -1.66. The molecule has 0 aromatic carbocycles. The van der Waals surface area contributed by atoms with Crippen molar-refractivity contribution in [1.82, 2.24) is 9.80 Å². The van der Waals surface area contributed by atoms with E-state index in [2.05, 4.69) is 0 Å². The number of hydrogen-bond acceptors (Lipinski definition) is 4. The Labute approximate surface area is 81.7 Å². The predicted molar refractivity (Wildman–Crippen MR) is 46.8 cm³/mol. The Morgan fingerprint density at radius 3 is 2.64 bits per heavy atom. The summed E-state index contributed by atoms with van der Waals surface area (Å²) in [4.78, 5) is 24.9. The minimum Gasteiger partial charge on any atom is -0.376 e. The molecule has 80 valence electrons. The van der Waals surface area contributed by atoms with Gasteiger partial charge in [-0.25, -0.2) is 0 Å². The molecule has 1 atom stereocenters. The lowest BCUT2D eigenvalue weighted by atomic mass is 10.2. The highest BCUT2D eigenvalue weighted by molar-refractivity contribution is 5.88. The number of carbonyl (C=O) groups is 2. The van der Waals surface area contributed by atoms with Crippen molar-refractivity contribution in [2.24, 2.45) is 0 Å². The maximum atomic E-state index is 11.5. The highest BCUT2D eigenvalue weighted by Gasteiger charge is 2.36. The van der Waals surface area contributed by atoms with Crippen LogP contribution in [0.5, 0.6) is 0 Å². The van der Waals surface area contributed by atoms with Crippen molar-refractivity contribution in [3.63, 3.8) is 0 Å². The van der Waals surface area contributed by atoms with Gasteiger partial charge in [0.25, 0.3) is 0 Å². The Morgan fingerprint density at radius 1 is 1.64 bits per heavy atom. The first kappa shape index (κ1) is 10.9. The van der Waals surface area contributed by atoms with Gasteiger partial charge in [0, 0.05) is 13.5 Å². The zero-order valence-electron chi connectivity index (χ0n) is 8.01. The van der Waals surface area contributed by atoms with E-state index in [1.54, 1.807) is 0 Å². The summed E-state index contributed by atoms with van der Waals surface area (Å²) in [7, 11) is 0. The Kier molecular flexibility index (Phi) is 3.43. The SMILES string of the molecule is CC(=O)N(CO)C1CCN(CO)C1=O. The summed E-state index contributed by atoms with van der Waals surface area (Å²) in [5, 5.41) is 17.7. The number of nitrogens with zero attached hydrogens (tertiary/aromatic N) is 2. The van der Waals surface area contributed by atoms with E-state index >= 15 is 0 Å². The van der Waals surface area contributed by atoms with E-state index in [4.69, 9.17) is 10.2 Å². The minimum absolute atomic E-state index is 0.309. The number of aliphatic hydroxyl groups excluding tert-OH is 2. The second kappa shape index (κ2) is 4.39. The summed E-state index contributed by atoms with van der Waals surface area (Å²) >= 11 is 0. The molecule has 1 saturated heterocycles. The molecule has 0 radical (unpaired) electrons. The van der Waals surface area contributed by atoms with E-state index in [1.807, 2.05) is 0 Å². The number of aliphatic hydroxyl groups is 2. The fraction of sp³-hybridized carbons (Fsp3) is 0.750. The topological polar surface area (TPSA) is 81.1 Å². The van der Waals surface area contributed by atoms with E-state index in [0.29, 0.717) is 13.0 Å². The number of rotatable bonds is 3. The molecule has 1 aliphatic rings. The van der Waals surface area contributed by atoms with Crippen LogP contribution >= 0.6 is 0 Å². The van der Waals surface area contributed by atoms with E-state index in [-0.39, 0.29) is 18.5 Å². The molecule has 1 fully saturated rings. The van der Waals surface area contributed by atoms with Crippen molar-refractivity contribution in [2.75, 3.05) is 20.0 Å². The van der Waals surface area contributed by atoms with Crippen LogP contribution in [0.3, 0.4) is 0 Å². The summed E-state index contributed by atoms with van der Waals surface area (Å²) in [6.45, 7) is 0.909. The summed E-state index contributed by atoms with van der Waals surface area (Å²) in [5.74, 6) is -0.651. The fourth-order valence-electron chi connectivity index (χ4n) is 1.57. The van der Waals surface area contributed by atoms with Crippen LogP contribution < -0.4 is 0 Å². The molecule has 2 N–H and O–H groups in total. The van der Waals surface area contributed by atoms with Gasteiger partial charge in [-0.3, -0.25) is 9.59 Å². The Balaban J connectivity index is 2.70. The van der Waals surface area contributed by atoms with Crippen LogP contribution in [0.2, 0.25) is 0 Å². The molecule has 1 heterocycles. The van der Waals surface area contributed by atoms with Gasteiger partial charge in [-0.2, -0.15) is 0 Å². The minimum atomic E-state index is -0.621. The number of amides is 2. The number of hydrogen-bond donors (Lipinski definition) is 2. The van der Waals surface area contributed by atoms with Gasteiger partial charge in [0.2, 0.25) is 11.8 Å². The van der Waals surface area contributed by atoms with Gasteiger partial charge in [-0.15, -0.1) is 0 Å². The summed E-state index contributed by atoms with van der Waals surface area (Å²) < 4.78 is 0. The van der Waals surface area contributed by atoms with Crippen molar-refractivity contribution in [2.45, 2.75) is 19.4 Å². The van der Waals surface area contributed by atoms with Crippen molar-refractivity contribution >= 4 is 11.8 Å². The summed E-state index contributed by atoms with van der Waals surface area (Å²) in [5.41, 5.74) is 0. The van der Waals surface area contributed by atoms with Crippen LogP contribution in [0, 0.1) is 0 Å². The second-order valence-corrected chi connectivity index (χ2v) is 3.18. The Hall–Kier alpha value is -1.14. The molecule has 0 saturated carbocycles. The first-order chi connectivity index (χ1) is 6.61. The smallest absolute Gasteiger partial charge is 0.247 e. The Bertz CT molecular complexity index is 243. The highest BCUT2D eigenvalue weighted by atomic mass is 16.3. The molecule has 1 unspecified atom stereocenters. The number of carbonyl (C=O) groups excluding carboxylic acids is 2. The lowest BCUT2D eigenvalue weighted by Gasteiger charge is -2.24. The quantitative estimate of drug-likeness (QED) is 0.536. The lowest BCUT2D eigenvalue weighted by molar-refractivity contribution is -0.145. The fourth-order valence-corrected chi connectivity index (χ4v) is 1.57. The van der Waals surface area contributed by atoms with Gasteiger partial charge in [-0.1, -0.05) is 0 Å². The molecule has 1 rings (SSSR count). The van der Waals surface area contributed by atoms with Crippen LogP contribution in [-0.4, -0.2) is 57.9 Å². The molecule has 6 heteroatoms. The molecule has 0 spiro atoms. The van der Waals surface area contributed by atoms with Crippen LogP contribution in [0.1, 0.15) is 13.3 Å². The summed E-state index contributed by atoms with van der Waals surface area (Å²) in [6.07, 6.45) is 0.458. The standard InChI is InChI=1S/C8H14N2O4/c1-6(13)10(5-12)7-2-3-9(4-11)8(7)14/h7,11-12H,2-5H2,1H3. The second-order valence-electron chi connectivity index (χ2n) is 3.18. The van der Waals surface area contributed by atoms with Crippen LogP contribution in [0.15, 0.2) is 0 Å². The average Bonchev–Trinajstić information content (AvgIpc) is 2.49.